The molecule has 3 heterocycles. The Morgan fingerprint density at radius 3 is 2.90 bits per heavy atom. The minimum atomic E-state index is -0.654. The summed E-state index contributed by atoms with van der Waals surface area (Å²) in [6.07, 6.45) is 0.349. The monoisotopic (exact) mass is 396 g/mol. The van der Waals surface area contributed by atoms with Crippen LogP contribution in [0.2, 0.25) is 0 Å². The molecule has 2 aromatic carbocycles. The number of aromatic nitrogens is 1. The number of rotatable bonds is 2. The summed E-state index contributed by atoms with van der Waals surface area (Å²) in [5.41, 5.74) is 0.335. The fourth-order valence-electron chi connectivity index (χ4n) is 4.13. The maximum Gasteiger partial charge on any atom is 0.267 e. The lowest BCUT2D eigenvalue weighted by atomic mass is 10.1. The summed E-state index contributed by atoms with van der Waals surface area (Å²) in [6, 6.07) is 7.70. The molecule has 0 bridgehead atoms. The van der Waals surface area contributed by atoms with Gasteiger partial charge in [-0.3, -0.25) is 9.59 Å². The van der Waals surface area contributed by atoms with Crippen LogP contribution in [0.5, 0.6) is 17.2 Å². The van der Waals surface area contributed by atoms with Gasteiger partial charge in [0.1, 0.15) is 35.2 Å². The molecule has 0 spiro atoms. The number of nitrogens with zero attached hydrogens (tertiary/aromatic N) is 2. The van der Waals surface area contributed by atoms with Crippen molar-refractivity contribution in [2.24, 2.45) is 0 Å². The van der Waals surface area contributed by atoms with Gasteiger partial charge in [0, 0.05) is 23.6 Å². The van der Waals surface area contributed by atoms with E-state index in [1.54, 1.807) is 18.2 Å². The fraction of sp³-hybridized carbons (Fsp3) is 0.238. The van der Waals surface area contributed by atoms with E-state index in [1.165, 1.54) is 28.7 Å². The van der Waals surface area contributed by atoms with Crippen LogP contribution >= 0.6 is 0 Å². The van der Waals surface area contributed by atoms with Crippen LogP contribution < -0.4 is 19.9 Å². The van der Waals surface area contributed by atoms with Gasteiger partial charge < -0.3 is 24.0 Å². The van der Waals surface area contributed by atoms with Crippen LogP contribution in [0.1, 0.15) is 15.9 Å². The predicted molar refractivity (Wildman–Crippen MR) is 104 cm³/mol. The maximum atomic E-state index is 14.1. The molecule has 0 radical (unpaired) electrons. The number of carbonyl (C=O) groups is 1. The van der Waals surface area contributed by atoms with Gasteiger partial charge in [-0.1, -0.05) is 6.07 Å². The Kier molecular flexibility index (Phi) is 3.77. The molecule has 29 heavy (non-hydrogen) atoms. The van der Waals surface area contributed by atoms with Crippen molar-refractivity contribution in [3.63, 3.8) is 0 Å². The number of hydrogen-bond donors (Lipinski definition) is 1. The minimum Gasteiger partial charge on any atom is -0.506 e. The summed E-state index contributed by atoms with van der Waals surface area (Å²) < 4.78 is 26.4. The van der Waals surface area contributed by atoms with Gasteiger partial charge in [0.25, 0.3) is 11.5 Å². The molecular formula is C21H17FN2O5. The molecule has 0 unspecified atom stereocenters. The number of halogens is 1. The standard InChI is InChI=1S/C21H17FN2O5/c1-28-11-9-13-18-16(10-11)29-8-7-24(18)21(27)17(19(13)25)20(26)23-6-5-12-14(22)3-2-4-15(12)23/h2-4,9-10,25H,5-8H2,1H3. The predicted octanol–water partition coefficient (Wildman–Crippen LogP) is 2.45. The first-order valence-electron chi connectivity index (χ1n) is 9.21. The molecule has 8 heteroatoms. The lowest BCUT2D eigenvalue weighted by Crippen LogP contribution is -2.37. The van der Waals surface area contributed by atoms with Gasteiger partial charge in [0.15, 0.2) is 0 Å². The summed E-state index contributed by atoms with van der Waals surface area (Å²) in [7, 11) is 1.48. The number of fused-ring (bicyclic) bond motifs is 1. The average Bonchev–Trinajstić information content (AvgIpc) is 3.17. The van der Waals surface area contributed by atoms with Crippen LogP contribution in [0, 0.1) is 5.82 Å². The highest BCUT2D eigenvalue weighted by atomic mass is 19.1. The molecule has 5 rings (SSSR count). The summed E-state index contributed by atoms with van der Waals surface area (Å²) in [5.74, 6) is -0.633. The number of hydrogen-bond acceptors (Lipinski definition) is 5. The highest BCUT2D eigenvalue weighted by Crippen LogP contribution is 2.39. The van der Waals surface area contributed by atoms with Gasteiger partial charge in [-0.2, -0.15) is 0 Å². The van der Waals surface area contributed by atoms with Gasteiger partial charge >= 0.3 is 0 Å². The Bertz CT molecular complexity index is 1250. The van der Waals surface area contributed by atoms with Gasteiger partial charge in [-0.15, -0.1) is 0 Å². The minimum absolute atomic E-state index is 0.235. The second-order valence-corrected chi connectivity index (χ2v) is 6.99. The van der Waals surface area contributed by atoms with E-state index in [1.807, 2.05) is 0 Å². The average molecular weight is 396 g/mol. The summed E-state index contributed by atoms with van der Waals surface area (Å²) >= 11 is 0. The van der Waals surface area contributed by atoms with Crippen LogP contribution in [0.25, 0.3) is 10.9 Å². The van der Waals surface area contributed by atoms with Gasteiger partial charge in [-0.05, 0) is 24.6 Å². The first-order chi connectivity index (χ1) is 14.0. The molecule has 1 amide bonds. The molecule has 7 nitrogen and oxygen atoms in total. The molecule has 0 saturated heterocycles. The summed E-state index contributed by atoms with van der Waals surface area (Å²) in [6.45, 7) is 0.740. The van der Waals surface area contributed by atoms with E-state index in [9.17, 15) is 19.1 Å². The Morgan fingerprint density at radius 2 is 2.10 bits per heavy atom. The molecule has 0 saturated carbocycles. The number of benzene rings is 2. The lowest BCUT2D eigenvalue weighted by molar-refractivity contribution is 0.0984. The van der Waals surface area contributed by atoms with Crippen LogP contribution in [0.4, 0.5) is 10.1 Å². The largest absolute Gasteiger partial charge is 0.506 e. The number of carbonyl (C=O) groups excluding carboxylic acids is 1. The van der Waals surface area contributed by atoms with Crippen molar-refractivity contribution < 1.29 is 23.8 Å². The zero-order valence-electron chi connectivity index (χ0n) is 15.6. The third-order valence-electron chi connectivity index (χ3n) is 5.51. The molecule has 148 valence electrons. The van der Waals surface area contributed by atoms with E-state index < -0.39 is 17.2 Å². The topological polar surface area (TPSA) is 81.0 Å². The van der Waals surface area contributed by atoms with E-state index in [0.717, 1.165) is 0 Å². The number of methoxy groups -OCH3 is 1. The third-order valence-corrected chi connectivity index (χ3v) is 5.51. The SMILES string of the molecule is COc1cc2c3c(c1)c(O)c(C(=O)N1CCc4c(F)cccc41)c(=O)n3CCO2. The van der Waals surface area contributed by atoms with Crippen molar-refractivity contribution >= 4 is 22.5 Å². The van der Waals surface area contributed by atoms with Crippen molar-refractivity contribution in [3.8, 4) is 17.2 Å². The van der Waals surface area contributed by atoms with E-state index >= 15 is 0 Å². The molecule has 0 fully saturated rings. The zero-order valence-corrected chi connectivity index (χ0v) is 15.6. The smallest absolute Gasteiger partial charge is 0.267 e. The highest BCUT2D eigenvalue weighted by Gasteiger charge is 2.33. The molecule has 2 aliphatic heterocycles. The van der Waals surface area contributed by atoms with E-state index in [0.29, 0.717) is 40.1 Å². The first-order valence-corrected chi connectivity index (χ1v) is 9.21. The maximum absolute atomic E-state index is 14.1. The number of anilines is 1. The van der Waals surface area contributed by atoms with Crippen LogP contribution in [0.15, 0.2) is 35.1 Å². The Balaban J connectivity index is 1.74. The van der Waals surface area contributed by atoms with Crippen molar-refractivity contribution in [2.45, 2.75) is 13.0 Å². The molecule has 0 atom stereocenters. The van der Waals surface area contributed by atoms with Crippen LogP contribution in [-0.4, -0.2) is 35.8 Å². The molecule has 1 N–H and O–H groups in total. The summed E-state index contributed by atoms with van der Waals surface area (Å²) in [4.78, 5) is 27.8. The van der Waals surface area contributed by atoms with Gasteiger partial charge in [0.05, 0.1) is 24.9 Å². The Labute approximate surface area is 164 Å². The van der Waals surface area contributed by atoms with E-state index in [2.05, 4.69) is 0 Å². The van der Waals surface area contributed by atoms with Gasteiger partial charge in [0.2, 0.25) is 0 Å². The Morgan fingerprint density at radius 1 is 1.28 bits per heavy atom. The summed E-state index contributed by atoms with van der Waals surface area (Å²) in [5, 5.41) is 11.2. The van der Waals surface area contributed by atoms with Crippen LogP contribution in [-0.2, 0) is 13.0 Å². The lowest BCUT2D eigenvalue weighted by Gasteiger charge is -2.24. The normalized spacial score (nSPS) is 14.6. The van der Waals surface area contributed by atoms with Crippen molar-refractivity contribution in [3.05, 3.63) is 57.6 Å². The van der Waals surface area contributed by atoms with Crippen molar-refractivity contribution in [2.75, 3.05) is 25.2 Å². The molecule has 0 aliphatic carbocycles. The number of amides is 1. The molecule has 1 aromatic heterocycles. The zero-order chi connectivity index (χ0) is 20.3. The number of aromatic hydroxyl groups is 1. The second-order valence-electron chi connectivity index (χ2n) is 6.99. The molecule has 3 aromatic rings. The van der Waals surface area contributed by atoms with Crippen molar-refractivity contribution in [1.29, 1.82) is 0 Å². The number of pyridine rings is 1. The van der Waals surface area contributed by atoms with Crippen LogP contribution in [0.3, 0.4) is 0 Å². The van der Waals surface area contributed by atoms with Gasteiger partial charge in [-0.25, -0.2) is 4.39 Å². The second kappa shape index (κ2) is 6.23. The fourth-order valence-corrected chi connectivity index (χ4v) is 4.13. The quantitative estimate of drug-likeness (QED) is 0.720. The third kappa shape index (κ3) is 2.41. The molecule has 2 aliphatic rings. The van der Waals surface area contributed by atoms with E-state index in [4.69, 9.17) is 9.47 Å². The van der Waals surface area contributed by atoms with E-state index in [-0.39, 0.29) is 31.1 Å². The molecular weight excluding hydrogens is 379 g/mol. The highest BCUT2D eigenvalue weighted by molar-refractivity contribution is 6.12. The number of ether oxygens (including phenoxy) is 2. The van der Waals surface area contributed by atoms with Crippen molar-refractivity contribution in [1.82, 2.24) is 4.57 Å². The first kappa shape index (κ1) is 17.5. The Hall–Kier alpha value is -3.55.